The van der Waals surface area contributed by atoms with Gasteiger partial charge in [0, 0.05) is 30.9 Å². The van der Waals surface area contributed by atoms with Crippen molar-refractivity contribution in [3.63, 3.8) is 0 Å². The molecule has 0 atom stereocenters. The third-order valence-corrected chi connectivity index (χ3v) is 6.57. The fourth-order valence-corrected chi connectivity index (χ4v) is 4.67. The third kappa shape index (κ3) is 4.36. The van der Waals surface area contributed by atoms with E-state index in [0.717, 1.165) is 56.0 Å². The maximum atomic E-state index is 6.16. The van der Waals surface area contributed by atoms with Gasteiger partial charge in [0.25, 0.3) is 0 Å². The van der Waals surface area contributed by atoms with Crippen LogP contribution in [0.2, 0.25) is 0 Å². The molecule has 6 rings (SSSR count). The molecule has 2 aromatic carbocycles. The minimum Gasteiger partial charge on any atom is -0.486 e. The largest absolute Gasteiger partial charge is 0.486 e. The zero-order chi connectivity index (χ0) is 24.6. The molecule has 0 radical (unpaired) electrons. The maximum Gasteiger partial charge on any atom is 0.187 e. The van der Waals surface area contributed by atoms with Crippen LogP contribution in [-0.2, 0) is 6.61 Å². The SMILES string of the molecule is Cc1ccc2nc(-c3cc4c(OCc5csc(Nc6cccc(N(C)C)c6)n5)cccc4o3)cn2n1. The summed E-state index contributed by atoms with van der Waals surface area (Å²) < 4.78 is 14.0. The average Bonchev–Trinajstić information content (AvgIpc) is 3.60. The van der Waals surface area contributed by atoms with Crippen molar-refractivity contribution in [3.8, 4) is 17.2 Å². The van der Waals surface area contributed by atoms with E-state index in [1.165, 1.54) is 0 Å². The number of nitrogens with zero attached hydrogens (tertiary/aromatic N) is 5. The van der Waals surface area contributed by atoms with Gasteiger partial charge in [0.05, 0.1) is 23.0 Å². The minimum absolute atomic E-state index is 0.354. The van der Waals surface area contributed by atoms with Gasteiger partial charge in [0.2, 0.25) is 0 Å². The summed E-state index contributed by atoms with van der Waals surface area (Å²) >= 11 is 1.55. The van der Waals surface area contributed by atoms with Crippen LogP contribution in [0.5, 0.6) is 5.75 Å². The van der Waals surface area contributed by atoms with Crippen LogP contribution in [0, 0.1) is 6.92 Å². The first-order chi connectivity index (χ1) is 17.5. The highest BCUT2D eigenvalue weighted by Gasteiger charge is 2.14. The second-order valence-electron chi connectivity index (χ2n) is 8.68. The number of rotatable bonds is 7. The molecule has 4 heterocycles. The van der Waals surface area contributed by atoms with Crippen LogP contribution in [-0.4, -0.2) is 33.7 Å². The second kappa shape index (κ2) is 9.01. The van der Waals surface area contributed by atoms with E-state index in [4.69, 9.17) is 9.15 Å². The van der Waals surface area contributed by atoms with Crippen molar-refractivity contribution < 1.29 is 9.15 Å². The number of nitrogens with one attached hydrogen (secondary N) is 1. The molecule has 0 aliphatic carbocycles. The lowest BCUT2D eigenvalue weighted by atomic mass is 10.2. The average molecular weight is 497 g/mol. The van der Waals surface area contributed by atoms with Crippen LogP contribution in [0.3, 0.4) is 0 Å². The van der Waals surface area contributed by atoms with Crippen LogP contribution < -0.4 is 15.0 Å². The molecule has 0 amide bonds. The van der Waals surface area contributed by atoms with Crippen LogP contribution in [0.4, 0.5) is 16.5 Å². The Kier molecular flexibility index (Phi) is 5.54. The molecule has 180 valence electrons. The summed E-state index contributed by atoms with van der Waals surface area (Å²) in [6, 6.07) is 19.9. The number of hydrogen-bond acceptors (Lipinski definition) is 8. The number of anilines is 3. The van der Waals surface area contributed by atoms with Gasteiger partial charge in [-0.1, -0.05) is 12.1 Å². The molecule has 9 heteroatoms. The zero-order valence-corrected chi connectivity index (χ0v) is 20.9. The molecule has 0 saturated carbocycles. The van der Waals surface area contributed by atoms with Crippen LogP contribution >= 0.6 is 11.3 Å². The van der Waals surface area contributed by atoms with Crippen molar-refractivity contribution >= 4 is 44.5 Å². The Labute approximate surface area is 211 Å². The molecule has 6 aromatic rings. The summed E-state index contributed by atoms with van der Waals surface area (Å²) in [5.41, 5.74) is 6.14. The van der Waals surface area contributed by atoms with Gasteiger partial charge in [-0.15, -0.1) is 11.3 Å². The number of thiazole rings is 1. The molecule has 8 nitrogen and oxygen atoms in total. The predicted molar refractivity (Wildman–Crippen MR) is 143 cm³/mol. The van der Waals surface area contributed by atoms with Gasteiger partial charge in [-0.05, 0) is 55.5 Å². The molecule has 36 heavy (non-hydrogen) atoms. The fraction of sp³-hybridized carbons (Fsp3) is 0.148. The van der Waals surface area contributed by atoms with Crippen molar-refractivity contribution in [1.82, 2.24) is 19.6 Å². The highest BCUT2D eigenvalue weighted by molar-refractivity contribution is 7.13. The number of ether oxygens (including phenoxy) is 1. The van der Waals surface area contributed by atoms with E-state index in [9.17, 15) is 0 Å². The smallest absolute Gasteiger partial charge is 0.187 e. The van der Waals surface area contributed by atoms with Crippen molar-refractivity contribution in [2.24, 2.45) is 0 Å². The van der Waals surface area contributed by atoms with Crippen LogP contribution in [0.25, 0.3) is 28.1 Å². The highest BCUT2D eigenvalue weighted by Crippen LogP contribution is 2.34. The number of furan rings is 1. The Morgan fingerprint density at radius 1 is 1.06 bits per heavy atom. The molecule has 4 aromatic heterocycles. The van der Waals surface area contributed by atoms with E-state index in [0.29, 0.717) is 12.4 Å². The fourth-order valence-electron chi connectivity index (χ4n) is 3.95. The molecular weight excluding hydrogens is 472 g/mol. The van der Waals surface area contributed by atoms with Crippen LogP contribution in [0.15, 0.2) is 76.7 Å². The van der Waals surface area contributed by atoms with Crippen molar-refractivity contribution in [2.45, 2.75) is 13.5 Å². The third-order valence-electron chi connectivity index (χ3n) is 5.77. The quantitative estimate of drug-likeness (QED) is 0.278. The van der Waals surface area contributed by atoms with E-state index in [1.54, 1.807) is 15.9 Å². The Bertz CT molecular complexity index is 1680. The number of aryl methyl sites for hydroxylation is 1. The number of benzene rings is 2. The first-order valence-electron chi connectivity index (χ1n) is 11.5. The number of imidazole rings is 1. The van der Waals surface area contributed by atoms with E-state index in [1.807, 2.05) is 81.1 Å². The summed E-state index contributed by atoms with van der Waals surface area (Å²) in [7, 11) is 4.05. The number of fused-ring (bicyclic) bond motifs is 2. The first kappa shape index (κ1) is 22.1. The predicted octanol–water partition coefficient (Wildman–Crippen LogP) is 6.30. The zero-order valence-electron chi connectivity index (χ0n) is 20.1. The van der Waals surface area contributed by atoms with Gasteiger partial charge in [-0.2, -0.15) is 5.10 Å². The number of hydrogen-bond donors (Lipinski definition) is 1. The molecular formula is C27H24N6O2S. The second-order valence-corrected chi connectivity index (χ2v) is 9.54. The van der Waals surface area contributed by atoms with Gasteiger partial charge in [0.15, 0.2) is 16.5 Å². The molecule has 1 N–H and O–H groups in total. The summed E-state index contributed by atoms with van der Waals surface area (Å²) in [5.74, 6) is 1.41. The lowest BCUT2D eigenvalue weighted by Crippen LogP contribution is -2.08. The van der Waals surface area contributed by atoms with Gasteiger partial charge in [0.1, 0.15) is 23.6 Å². The van der Waals surface area contributed by atoms with Gasteiger partial charge < -0.3 is 19.4 Å². The molecule has 0 bridgehead atoms. The standard InChI is InChI=1S/C27H24N6O2S/c1-17-10-11-26-30-22(14-33(26)31-17)25-13-21-23(8-5-9-24(21)35-25)34-15-19-16-36-27(29-19)28-18-6-4-7-20(12-18)32(2)3/h4-14,16H,15H2,1-3H3,(H,28,29). The number of aromatic nitrogens is 4. The van der Waals surface area contributed by atoms with Crippen molar-refractivity contribution in [3.05, 3.63) is 83.6 Å². The van der Waals surface area contributed by atoms with E-state index >= 15 is 0 Å². The van der Waals surface area contributed by atoms with Crippen molar-refractivity contribution in [2.75, 3.05) is 24.3 Å². The Morgan fingerprint density at radius 3 is 2.83 bits per heavy atom. The topological polar surface area (TPSA) is 80.7 Å². The van der Waals surface area contributed by atoms with E-state index in [2.05, 4.69) is 37.4 Å². The Hall–Kier alpha value is -4.37. The highest BCUT2D eigenvalue weighted by atomic mass is 32.1. The lowest BCUT2D eigenvalue weighted by molar-refractivity contribution is 0.306. The van der Waals surface area contributed by atoms with Gasteiger partial charge >= 0.3 is 0 Å². The molecule has 0 saturated heterocycles. The molecule has 0 fully saturated rings. The summed E-state index contributed by atoms with van der Waals surface area (Å²) in [5, 5.41) is 11.6. The molecule has 0 aliphatic rings. The summed E-state index contributed by atoms with van der Waals surface area (Å²) in [6.07, 6.45) is 1.87. The van der Waals surface area contributed by atoms with Crippen molar-refractivity contribution in [1.29, 1.82) is 0 Å². The monoisotopic (exact) mass is 496 g/mol. The normalized spacial score (nSPS) is 11.3. The van der Waals surface area contributed by atoms with Crippen LogP contribution in [0.1, 0.15) is 11.4 Å². The van der Waals surface area contributed by atoms with Gasteiger partial charge in [-0.3, -0.25) is 0 Å². The van der Waals surface area contributed by atoms with E-state index < -0.39 is 0 Å². The molecule has 0 unspecified atom stereocenters. The Balaban J connectivity index is 1.19. The van der Waals surface area contributed by atoms with E-state index in [-0.39, 0.29) is 0 Å². The molecule has 0 spiro atoms. The van der Waals surface area contributed by atoms with Gasteiger partial charge in [-0.25, -0.2) is 14.5 Å². The molecule has 0 aliphatic heterocycles. The minimum atomic E-state index is 0.354. The first-order valence-corrected chi connectivity index (χ1v) is 12.4. The Morgan fingerprint density at radius 2 is 1.94 bits per heavy atom. The maximum absolute atomic E-state index is 6.16. The lowest BCUT2D eigenvalue weighted by Gasteiger charge is -2.13. The summed E-state index contributed by atoms with van der Waals surface area (Å²) in [6.45, 7) is 2.31. The summed E-state index contributed by atoms with van der Waals surface area (Å²) in [4.78, 5) is 11.4.